The first kappa shape index (κ1) is 19.9. The summed E-state index contributed by atoms with van der Waals surface area (Å²) in [5.74, 6) is 2.48. The summed E-state index contributed by atoms with van der Waals surface area (Å²) in [4.78, 5) is 21.3. The van der Waals surface area contributed by atoms with Crippen LogP contribution < -0.4 is 20.3 Å². The molecule has 3 heterocycles. The highest BCUT2D eigenvalue weighted by molar-refractivity contribution is 5.71. The second kappa shape index (κ2) is 8.54. The molecule has 2 N–H and O–H groups in total. The summed E-state index contributed by atoms with van der Waals surface area (Å²) in [6.45, 7) is 1.48. The lowest BCUT2D eigenvalue weighted by atomic mass is 10.1. The molecule has 10 nitrogen and oxygen atoms in total. The molecule has 1 fully saturated rings. The number of ether oxygens (including phenoxy) is 2. The average Bonchev–Trinajstić information content (AvgIpc) is 3.45. The molecule has 1 aromatic carbocycles. The van der Waals surface area contributed by atoms with E-state index < -0.39 is 0 Å². The molecule has 10 heteroatoms. The Balaban J connectivity index is 1.65. The van der Waals surface area contributed by atoms with Gasteiger partial charge in [-0.1, -0.05) is 0 Å². The summed E-state index contributed by atoms with van der Waals surface area (Å²) in [7, 11) is 5.19. The van der Waals surface area contributed by atoms with Crippen molar-refractivity contribution >= 4 is 23.5 Å². The molecule has 3 aromatic rings. The summed E-state index contributed by atoms with van der Waals surface area (Å²) in [6.07, 6.45) is 5.13. The largest absolute Gasteiger partial charge is 0.496 e. The maximum absolute atomic E-state index is 6.02. The van der Waals surface area contributed by atoms with Gasteiger partial charge in [0.05, 0.1) is 31.5 Å². The standard InChI is InChI=1S/C20H25N7O3/c1-26(13-6-7-15(16(9-13)29-3)17-10-22-12-30-17)19-23-18(21)24-20(25-19)27-8-4-5-14(27)11-28-2/h6-7,9-10,12,14H,4-5,8,11H2,1-3H3,(H2,21,23,24,25). The van der Waals surface area contributed by atoms with Gasteiger partial charge in [0.15, 0.2) is 12.2 Å². The topological polar surface area (TPSA) is 116 Å². The zero-order valence-corrected chi connectivity index (χ0v) is 17.3. The Morgan fingerprint density at radius 1 is 1.27 bits per heavy atom. The third kappa shape index (κ3) is 3.86. The van der Waals surface area contributed by atoms with E-state index in [0.29, 0.717) is 30.0 Å². The molecule has 0 amide bonds. The van der Waals surface area contributed by atoms with Gasteiger partial charge in [0.2, 0.25) is 17.8 Å². The van der Waals surface area contributed by atoms with Crippen LogP contribution in [0.5, 0.6) is 5.75 Å². The van der Waals surface area contributed by atoms with Crippen LogP contribution in [0.1, 0.15) is 12.8 Å². The lowest BCUT2D eigenvalue weighted by Crippen LogP contribution is -2.34. The first-order valence-corrected chi connectivity index (χ1v) is 9.68. The van der Waals surface area contributed by atoms with Crippen molar-refractivity contribution < 1.29 is 13.9 Å². The van der Waals surface area contributed by atoms with Gasteiger partial charge in [0.25, 0.3) is 0 Å². The molecule has 1 unspecified atom stereocenters. The number of nitrogen functional groups attached to an aromatic ring is 1. The summed E-state index contributed by atoms with van der Waals surface area (Å²) in [5, 5.41) is 0. The molecule has 1 atom stereocenters. The second-order valence-corrected chi connectivity index (χ2v) is 7.05. The van der Waals surface area contributed by atoms with Crippen molar-refractivity contribution in [3.8, 4) is 17.1 Å². The van der Waals surface area contributed by atoms with Gasteiger partial charge in [-0.05, 0) is 25.0 Å². The fourth-order valence-electron chi connectivity index (χ4n) is 3.67. The lowest BCUT2D eigenvalue weighted by molar-refractivity contribution is 0.180. The zero-order valence-electron chi connectivity index (χ0n) is 17.3. The Kier molecular flexibility index (Phi) is 5.66. The number of nitrogens with zero attached hydrogens (tertiary/aromatic N) is 6. The SMILES string of the molecule is COCC1CCCN1c1nc(N)nc(N(C)c2ccc(-c3cnco3)c(OC)c2)n1. The molecule has 2 aromatic heterocycles. The van der Waals surface area contributed by atoms with Crippen molar-refractivity contribution in [2.24, 2.45) is 0 Å². The second-order valence-electron chi connectivity index (χ2n) is 7.05. The zero-order chi connectivity index (χ0) is 21.1. The van der Waals surface area contributed by atoms with E-state index >= 15 is 0 Å². The maximum atomic E-state index is 6.02. The minimum Gasteiger partial charge on any atom is -0.496 e. The van der Waals surface area contributed by atoms with E-state index in [1.165, 1.54) is 6.39 Å². The fourth-order valence-corrected chi connectivity index (χ4v) is 3.67. The van der Waals surface area contributed by atoms with Gasteiger partial charge < -0.3 is 29.4 Å². The van der Waals surface area contributed by atoms with Crippen LogP contribution in [0.4, 0.5) is 23.5 Å². The number of methoxy groups -OCH3 is 2. The van der Waals surface area contributed by atoms with Gasteiger partial charge in [-0.3, -0.25) is 0 Å². The van der Waals surface area contributed by atoms with Gasteiger partial charge in [-0.15, -0.1) is 0 Å². The molecule has 1 aliphatic rings. The van der Waals surface area contributed by atoms with Crippen molar-refractivity contribution in [1.82, 2.24) is 19.9 Å². The Labute approximate surface area is 174 Å². The van der Waals surface area contributed by atoms with Crippen molar-refractivity contribution in [3.05, 3.63) is 30.8 Å². The Bertz CT molecular complexity index is 996. The normalized spacial score (nSPS) is 16.1. The molecule has 0 saturated carbocycles. The number of hydrogen-bond acceptors (Lipinski definition) is 10. The average molecular weight is 411 g/mol. The Morgan fingerprint density at radius 3 is 2.87 bits per heavy atom. The molecule has 1 aliphatic heterocycles. The molecule has 0 bridgehead atoms. The third-order valence-corrected chi connectivity index (χ3v) is 5.19. The monoisotopic (exact) mass is 411 g/mol. The van der Waals surface area contributed by atoms with Gasteiger partial charge >= 0.3 is 0 Å². The van der Waals surface area contributed by atoms with E-state index in [1.807, 2.05) is 30.1 Å². The van der Waals surface area contributed by atoms with Gasteiger partial charge in [0.1, 0.15) is 5.75 Å². The molecular weight excluding hydrogens is 386 g/mol. The quantitative estimate of drug-likeness (QED) is 0.621. The van der Waals surface area contributed by atoms with E-state index in [2.05, 4.69) is 24.8 Å². The first-order valence-electron chi connectivity index (χ1n) is 9.68. The van der Waals surface area contributed by atoms with Crippen LogP contribution in [0.2, 0.25) is 0 Å². The Hall–Kier alpha value is -3.40. The summed E-state index contributed by atoms with van der Waals surface area (Å²) >= 11 is 0. The number of aromatic nitrogens is 4. The van der Waals surface area contributed by atoms with Crippen LogP contribution in [-0.2, 0) is 4.74 Å². The van der Waals surface area contributed by atoms with Crippen LogP contribution in [0.15, 0.2) is 35.2 Å². The summed E-state index contributed by atoms with van der Waals surface area (Å²) in [5.41, 5.74) is 7.66. The molecule has 0 spiro atoms. The molecule has 158 valence electrons. The van der Waals surface area contributed by atoms with E-state index in [1.54, 1.807) is 20.4 Å². The van der Waals surface area contributed by atoms with E-state index in [4.69, 9.17) is 19.6 Å². The summed E-state index contributed by atoms with van der Waals surface area (Å²) in [6, 6.07) is 5.97. The molecule has 1 saturated heterocycles. The highest BCUT2D eigenvalue weighted by atomic mass is 16.5. The third-order valence-electron chi connectivity index (χ3n) is 5.19. The van der Waals surface area contributed by atoms with Crippen LogP contribution in [0.3, 0.4) is 0 Å². The number of hydrogen-bond donors (Lipinski definition) is 1. The summed E-state index contributed by atoms with van der Waals surface area (Å²) < 4.78 is 16.3. The van der Waals surface area contributed by atoms with Crippen molar-refractivity contribution in [2.75, 3.05) is 50.0 Å². The van der Waals surface area contributed by atoms with Crippen LogP contribution in [0.25, 0.3) is 11.3 Å². The van der Waals surface area contributed by atoms with E-state index in [9.17, 15) is 0 Å². The van der Waals surface area contributed by atoms with Gasteiger partial charge in [-0.2, -0.15) is 15.0 Å². The number of oxazole rings is 1. The minimum atomic E-state index is 0.176. The van der Waals surface area contributed by atoms with Gasteiger partial charge in [0, 0.05) is 32.5 Å². The van der Waals surface area contributed by atoms with E-state index in [-0.39, 0.29) is 12.0 Å². The molecule has 30 heavy (non-hydrogen) atoms. The number of nitrogens with two attached hydrogens (primary N) is 1. The molecule has 0 aliphatic carbocycles. The highest BCUT2D eigenvalue weighted by Crippen LogP contribution is 2.35. The minimum absolute atomic E-state index is 0.176. The van der Waals surface area contributed by atoms with Crippen LogP contribution in [-0.4, -0.2) is 60.4 Å². The van der Waals surface area contributed by atoms with Crippen LogP contribution >= 0.6 is 0 Å². The van der Waals surface area contributed by atoms with E-state index in [0.717, 1.165) is 30.6 Å². The first-order chi connectivity index (χ1) is 14.6. The molecular formula is C20H25N7O3. The maximum Gasteiger partial charge on any atom is 0.236 e. The van der Waals surface area contributed by atoms with Crippen LogP contribution in [0, 0.1) is 0 Å². The molecule has 4 rings (SSSR count). The number of rotatable bonds is 7. The predicted octanol–water partition coefficient (Wildman–Crippen LogP) is 2.50. The van der Waals surface area contributed by atoms with Crippen molar-refractivity contribution in [3.63, 3.8) is 0 Å². The van der Waals surface area contributed by atoms with Gasteiger partial charge in [-0.25, -0.2) is 4.98 Å². The number of benzene rings is 1. The predicted molar refractivity (Wildman–Crippen MR) is 113 cm³/mol. The molecule has 0 radical (unpaired) electrons. The lowest BCUT2D eigenvalue weighted by Gasteiger charge is -2.25. The fraction of sp³-hybridized carbons (Fsp3) is 0.400. The van der Waals surface area contributed by atoms with Crippen molar-refractivity contribution in [1.29, 1.82) is 0 Å². The highest BCUT2D eigenvalue weighted by Gasteiger charge is 2.28. The number of anilines is 4. The van der Waals surface area contributed by atoms with Crippen molar-refractivity contribution in [2.45, 2.75) is 18.9 Å². The smallest absolute Gasteiger partial charge is 0.236 e. The Morgan fingerprint density at radius 2 is 2.13 bits per heavy atom.